The molecule has 0 saturated heterocycles. The molecular weight excluding hydrogens is 512 g/mol. The predicted molar refractivity (Wildman–Crippen MR) is 153 cm³/mol. The van der Waals surface area contributed by atoms with Gasteiger partial charge in [0.05, 0.1) is 22.8 Å². The summed E-state index contributed by atoms with van der Waals surface area (Å²) >= 11 is 6.72. The van der Waals surface area contributed by atoms with Gasteiger partial charge in [0.1, 0.15) is 0 Å². The molecule has 0 fully saturated rings. The van der Waals surface area contributed by atoms with Crippen molar-refractivity contribution >= 4 is 39.2 Å². The van der Waals surface area contributed by atoms with Crippen molar-refractivity contribution in [3.63, 3.8) is 0 Å². The van der Waals surface area contributed by atoms with E-state index in [0.717, 1.165) is 43.2 Å². The Morgan fingerprint density at radius 1 is 0.795 bits per heavy atom. The van der Waals surface area contributed by atoms with Crippen molar-refractivity contribution in [2.24, 2.45) is 0 Å². The zero-order chi connectivity index (χ0) is 26.7. The highest BCUT2D eigenvalue weighted by Crippen LogP contribution is 2.39. The van der Waals surface area contributed by atoms with E-state index in [1.165, 1.54) is 6.20 Å². The Balaban J connectivity index is 1.40. The van der Waals surface area contributed by atoms with Crippen LogP contribution in [-0.2, 0) is 6.54 Å². The molecule has 7 rings (SSSR count). The Morgan fingerprint density at radius 2 is 1.64 bits per heavy atom. The number of H-pyrrole nitrogens is 1. The number of aromatic nitrogens is 3. The third-order valence-corrected chi connectivity index (χ3v) is 7.50. The lowest BCUT2D eigenvalue weighted by Crippen LogP contribution is -2.33. The zero-order valence-electron chi connectivity index (χ0n) is 20.4. The molecule has 0 atom stereocenters. The molecule has 4 aromatic carbocycles. The van der Waals surface area contributed by atoms with E-state index in [2.05, 4.69) is 15.3 Å². The van der Waals surface area contributed by atoms with Crippen LogP contribution in [0.2, 0.25) is 5.02 Å². The van der Waals surface area contributed by atoms with Crippen LogP contribution in [0.5, 0.6) is 0 Å². The van der Waals surface area contributed by atoms with Gasteiger partial charge in [0.15, 0.2) is 0 Å². The van der Waals surface area contributed by atoms with E-state index in [-0.39, 0.29) is 5.91 Å². The van der Waals surface area contributed by atoms with Gasteiger partial charge < -0.3 is 10.3 Å². The predicted octanol–water partition coefficient (Wildman–Crippen LogP) is 5.46. The lowest BCUT2D eigenvalue weighted by molar-refractivity contribution is 0.0965. The van der Waals surface area contributed by atoms with Crippen LogP contribution in [0.4, 0.5) is 0 Å². The number of amides is 1. The summed E-state index contributed by atoms with van der Waals surface area (Å²) in [6.07, 6.45) is 3.22. The van der Waals surface area contributed by atoms with Crippen molar-refractivity contribution in [2.45, 2.75) is 6.54 Å². The van der Waals surface area contributed by atoms with Crippen LogP contribution >= 0.6 is 11.6 Å². The smallest absolute Gasteiger partial charge is 0.333 e. The molecule has 188 valence electrons. The second-order valence-corrected chi connectivity index (χ2v) is 9.84. The van der Waals surface area contributed by atoms with Crippen LogP contribution in [0.15, 0.2) is 101 Å². The van der Waals surface area contributed by atoms with Crippen LogP contribution in [0, 0.1) is 0 Å². The van der Waals surface area contributed by atoms with Gasteiger partial charge in [-0.1, -0.05) is 60.1 Å². The molecule has 0 spiro atoms. The second-order valence-electron chi connectivity index (χ2n) is 9.43. The van der Waals surface area contributed by atoms with Gasteiger partial charge in [0.2, 0.25) is 0 Å². The fourth-order valence-electron chi connectivity index (χ4n) is 5.33. The molecule has 0 saturated carbocycles. The zero-order valence-corrected chi connectivity index (χ0v) is 21.1. The third kappa shape index (κ3) is 3.66. The lowest BCUT2D eigenvalue weighted by atomic mass is 9.92. The number of carbonyl (C=O) groups excluding carboxylic acids is 1. The molecule has 0 radical (unpaired) electrons. The van der Waals surface area contributed by atoms with Crippen LogP contribution in [0.3, 0.4) is 0 Å². The summed E-state index contributed by atoms with van der Waals surface area (Å²) in [5.41, 5.74) is 4.73. The molecule has 1 aliphatic rings. The number of rotatable bonds is 3. The highest BCUT2D eigenvalue weighted by molar-refractivity contribution is 6.34. The Kier molecular flexibility index (Phi) is 5.21. The molecule has 39 heavy (non-hydrogen) atoms. The topological polar surface area (TPSA) is 96.8 Å². The Labute approximate surface area is 226 Å². The first-order chi connectivity index (χ1) is 19.0. The lowest BCUT2D eigenvalue weighted by Gasteiger charge is -2.14. The van der Waals surface area contributed by atoms with Gasteiger partial charge in [-0.05, 0) is 52.6 Å². The highest BCUT2D eigenvalue weighted by atomic mass is 35.5. The van der Waals surface area contributed by atoms with Gasteiger partial charge in [-0.3, -0.25) is 14.6 Å². The summed E-state index contributed by atoms with van der Waals surface area (Å²) < 4.78 is 1.12. The first-order valence-corrected chi connectivity index (χ1v) is 12.7. The van der Waals surface area contributed by atoms with Crippen LogP contribution in [-0.4, -0.2) is 20.4 Å². The molecular formula is C31H19ClN4O3. The average Bonchev–Trinajstić information content (AvgIpc) is 3.32. The van der Waals surface area contributed by atoms with Crippen LogP contribution in [0.1, 0.15) is 15.9 Å². The Hall–Kier alpha value is -5.01. The fourth-order valence-corrected chi connectivity index (χ4v) is 5.61. The van der Waals surface area contributed by atoms with Gasteiger partial charge in [0, 0.05) is 39.7 Å². The quantitative estimate of drug-likeness (QED) is 0.317. The van der Waals surface area contributed by atoms with E-state index in [9.17, 15) is 14.4 Å². The molecule has 0 aliphatic carbocycles. The number of halogens is 1. The standard InChI is InChI=1S/C31H19ClN4O3/c32-25-7-3-6-22(17-8-10-23-20(12-17)15-34-29(23)37)28(25)18-9-11-24-26(13-18)35-31(39)36(30(24)38)27-16-33-14-19-4-1-2-5-21(19)27/h1-14,16H,15H2,(H,34,37)(H,35,39). The van der Waals surface area contributed by atoms with Gasteiger partial charge in [-0.15, -0.1) is 0 Å². The number of carbonyl (C=O) groups is 1. The molecule has 8 heteroatoms. The largest absolute Gasteiger partial charge is 0.348 e. The number of aromatic amines is 1. The maximum absolute atomic E-state index is 13.6. The second kappa shape index (κ2) is 8.79. The van der Waals surface area contributed by atoms with Crippen molar-refractivity contribution in [3.05, 3.63) is 128 Å². The van der Waals surface area contributed by atoms with Gasteiger partial charge in [-0.25, -0.2) is 9.36 Å². The molecule has 0 bridgehead atoms. The molecule has 7 nitrogen and oxygen atoms in total. The summed E-state index contributed by atoms with van der Waals surface area (Å²) in [7, 11) is 0. The maximum atomic E-state index is 13.6. The van der Waals surface area contributed by atoms with Crippen LogP contribution < -0.4 is 16.6 Å². The number of hydrogen-bond acceptors (Lipinski definition) is 4. The summed E-state index contributed by atoms with van der Waals surface area (Å²) in [4.78, 5) is 46.0. The first-order valence-electron chi connectivity index (χ1n) is 12.3. The Morgan fingerprint density at radius 3 is 2.54 bits per heavy atom. The summed E-state index contributed by atoms with van der Waals surface area (Å²) in [5.74, 6) is -0.0775. The minimum Gasteiger partial charge on any atom is -0.348 e. The van der Waals surface area contributed by atoms with Crippen molar-refractivity contribution < 1.29 is 4.79 Å². The molecule has 2 aromatic heterocycles. The monoisotopic (exact) mass is 530 g/mol. The Bertz CT molecular complexity index is 2110. The van der Waals surface area contributed by atoms with E-state index in [1.807, 2.05) is 60.7 Å². The SMILES string of the molecule is O=C1NCc2cc(-c3cccc(Cl)c3-c3ccc4c(=O)n(-c5cncc6ccccc56)c(=O)[nH]c4c3)ccc21. The molecule has 3 heterocycles. The molecule has 6 aromatic rings. The van der Waals surface area contributed by atoms with Crippen molar-refractivity contribution in [3.8, 4) is 27.9 Å². The van der Waals surface area contributed by atoms with Crippen molar-refractivity contribution in [1.29, 1.82) is 0 Å². The minimum absolute atomic E-state index is 0.0775. The number of hydrogen-bond donors (Lipinski definition) is 2. The van der Waals surface area contributed by atoms with Crippen LogP contribution in [0.25, 0.3) is 49.6 Å². The molecule has 1 amide bonds. The van der Waals surface area contributed by atoms with Gasteiger partial charge in [-0.2, -0.15) is 0 Å². The molecule has 1 aliphatic heterocycles. The number of pyridine rings is 1. The van der Waals surface area contributed by atoms with Gasteiger partial charge in [0.25, 0.3) is 11.5 Å². The van der Waals surface area contributed by atoms with E-state index < -0.39 is 11.2 Å². The molecule has 2 N–H and O–H groups in total. The number of benzene rings is 4. The third-order valence-electron chi connectivity index (χ3n) is 7.19. The van der Waals surface area contributed by atoms with E-state index in [1.54, 1.807) is 24.4 Å². The van der Waals surface area contributed by atoms with E-state index in [0.29, 0.717) is 33.7 Å². The van der Waals surface area contributed by atoms with Crippen molar-refractivity contribution in [2.75, 3.05) is 0 Å². The normalized spacial score (nSPS) is 12.6. The average molecular weight is 531 g/mol. The van der Waals surface area contributed by atoms with E-state index >= 15 is 0 Å². The number of nitrogens with zero attached hydrogens (tertiary/aromatic N) is 2. The summed E-state index contributed by atoms with van der Waals surface area (Å²) in [6.45, 7) is 0.480. The molecule has 0 unspecified atom stereocenters. The first kappa shape index (κ1) is 23.1. The minimum atomic E-state index is -0.557. The van der Waals surface area contributed by atoms with Gasteiger partial charge >= 0.3 is 5.69 Å². The number of fused-ring (bicyclic) bond motifs is 3. The number of nitrogens with one attached hydrogen (secondary N) is 2. The fraction of sp³-hybridized carbons (Fsp3) is 0.0323. The summed E-state index contributed by atoms with van der Waals surface area (Å²) in [6, 6.07) is 24.1. The van der Waals surface area contributed by atoms with E-state index in [4.69, 9.17) is 11.6 Å². The summed E-state index contributed by atoms with van der Waals surface area (Å²) in [5, 5.41) is 5.31. The maximum Gasteiger partial charge on any atom is 0.333 e. The highest BCUT2D eigenvalue weighted by Gasteiger charge is 2.21. The van der Waals surface area contributed by atoms with Crippen molar-refractivity contribution in [1.82, 2.24) is 19.9 Å².